The highest BCUT2D eigenvalue weighted by Crippen LogP contribution is 2.26. The van der Waals surface area contributed by atoms with Crippen LogP contribution in [0.2, 0.25) is 0 Å². The van der Waals surface area contributed by atoms with Gasteiger partial charge in [0.2, 0.25) is 15.6 Å². The molecule has 1 amide bonds. The number of pyridine rings is 1. The Morgan fingerprint density at radius 3 is 2.81 bits per heavy atom. The van der Waals surface area contributed by atoms with Gasteiger partial charge >= 0.3 is 0 Å². The van der Waals surface area contributed by atoms with Crippen molar-refractivity contribution >= 4 is 26.8 Å². The van der Waals surface area contributed by atoms with Crippen molar-refractivity contribution in [3.05, 3.63) is 51.8 Å². The van der Waals surface area contributed by atoms with Gasteiger partial charge in [0.05, 0.1) is 10.5 Å². The topological polar surface area (TPSA) is 99.3 Å². The Labute approximate surface area is 188 Å². The molecule has 172 valence electrons. The SMILES string of the molecule is C[C@H]1CCCN(S(=O)(=O)c2ccc3[nH]c(=O)cc(C(=O)NCCC4=CCCCC4)c3c2)C1. The molecule has 2 aliphatic rings. The summed E-state index contributed by atoms with van der Waals surface area (Å²) in [5.74, 6) is -0.0467. The minimum Gasteiger partial charge on any atom is -0.352 e. The van der Waals surface area contributed by atoms with E-state index in [0.29, 0.717) is 36.5 Å². The lowest BCUT2D eigenvalue weighted by molar-refractivity contribution is 0.0955. The van der Waals surface area contributed by atoms with Gasteiger partial charge in [-0.1, -0.05) is 18.6 Å². The zero-order valence-corrected chi connectivity index (χ0v) is 19.3. The number of hydrogen-bond donors (Lipinski definition) is 2. The molecule has 1 aromatic carbocycles. The summed E-state index contributed by atoms with van der Waals surface area (Å²) >= 11 is 0. The third-order valence-electron chi connectivity index (χ3n) is 6.43. The van der Waals surface area contributed by atoms with Gasteiger partial charge in [0.25, 0.3) is 5.91 Å². The first-order valence-corrected chi connectivity index (χ1v) is 12.9. The lowest BCUT2D eigenvalue weighted by Gasteiger charge is -2.30. The molecule has 2 heterocycles. The molecule has 0 spiro atoms. The van der Waals surface area contributed by atoms with Crippen molar-refractivity contribution < 1.29 is 13.2 Å². The molecule has 8 heteroatoms. The predicted molar refractivity (Wildman–Crippen MR) is 125 cm³/mol. The third kappa shape index (κ3) is 4.96. The van der Waals surface area contributed by atoms with E-state index >= 15 is 0 Å². The average Bonchev–Trinajstić information content (AvgIpc) is 2.78. The van der Waals surface area contributed by atoms with E-state index in [-0.39, 0.29) is 16.4 Å². The van der Waals surface area contributed by atoms with Gasteiger partial charge in [0, 0.05) is 36.6 Å². The standard InChI is InChI=1S/C24H31N3O4S/c1-17-6-5-13-27(16-17)32(30,31)19-9-10-22-20(14-19)21(15-23(28)26-22)24(29)25-12-11-18-7-3-2-4-8-18/h7,9-10,14-15,17H,2-6,8,11-13,16H2,1H3,(H,25,29)(H,26,28)/t17-/m0/s1. The number of rotatable bonds is 6. The van der Waals surface area contributed by atoms with E-state index in [4.69, 9.17) is 0 Å². The molecule has 0 radical (unpaired) electrons. The molecule has 4 rings (SSSR count). The first kappa shape index (κ1) is 22.7. The van der Waals surface area contributed by atoms with Crippen molar-refractivity contribution in [2.75, 3.05) is 19.6 Å². The summed E-state index contributed by atoms with van der Waals surface area (Å²) in [7, 11) is -3.67. The predicted octanol–water partition coefficient (Wildman–Crippen LogP) is 3.57. The van der Waals surface area contributed by atoms with Crippen molar-refractivity contribution in [1.29, 1.82) is 0 Å². The molecule has 1 atom stereocenters. The van der Waals surface area contributed by atoms with Gasteiger partial charge in [-0.3, -0.25) is 9.59 Å². The number of H-pyrrole nitrogens is 1. The van der Waals surface area contributed by atoms with E-state index < -0.39 is 15.6 Å². The Balaban J connectivity index is 1.60. The monoisotopic (exact) mass is 457 g/mol. The summed E-state index contributed by atoms with van der Waals surface area (Å²) in [5.41, 5.74) is 1.61. The van der Waals surface area contributed by atoms with Gasteiger partial charge in [0.1, 0.15) is 0 Å². The minimum absolute atomic E-state index is 0.146. The van der Waals surface area contributed by atoms with E-state index in [1.807, 2.05) is 0 Å². The molecule has 1 fully saturated rings. The summed E-state index contributed by atoms with van der Waals surface area (Å²) in [6, 6.07) is 5.83. The van der Waals surface area contributed by atoms with Crippen molar-refractivity contribution in [3.63, 3.8) is 0 Å². The fourth-order valence-electron chi connectivity index (χ4n) is 4.66. The Hall–Kier alpha value is -2.45. The highest BCUT2D eigenvalue weighted by atomic mass is 32.2. The second kappa shape index (κ2) is 9.58. The van der Waals surface area contributed by atoms with Gasteiger partial charge in [-0.05, 0) is 69.1 Å². The molecule has 0 bridgehead atoms. The van der Waals surface area contributed by atoms with Gasteiger partial charge in [-0.2, -0.15) is 4.31 Å². The molecule has 1 aliphatic heterocycles. The molecular weight excluding hydrogens is 426 g/mol. The number of benzene rings is 1. The van der Waals surface area contributed by atoms with Crippen LogP contribution >= 0.6 is 0 Å². The third-order valence-corrected chi connectivity index (χ3v) is 8.29. The molecule has 32 heavy (non-hydrogen) atoms. The number of fused-ring (bicyclic) bond motifs is 1. The smallest absolute Gasteiger partial charge is 0.252 e. The van der Waals surface area contributed by atoms with Crippen LogP contribution in [-0.2, 0) is 10.0 Å². The minimum atomic E-state index is -3.67. The Kier molecular flexibility index (Phi) is 6.81. The van der Waals surface area contributed by atoms with E-state index in [9.17, 15) is 18.0 Å². The molecule has 1 aliphatic carbocycles. The zero-order valence-electron chi connectivity index (χ0n) is 18.5. The Morgan fingerprint density at radius 1 is 1.22 bits per heavy atom. The Morgan fingerprint density at radius 2 is 2.06 bits per heavy atom. The number of allylic oxidation sites excluding steroid dienone is 1. The van der Waals surface area contributed by atoms with Gasteiger partial charge < -0.3 is 10.3 Å². The van der Waals surface area contributed by atoms with Crippen molar-refractivity contribution in [3.8, 4) is 0 Å². The van der Waals surface area contributed by atoms with E-state index in [1.165, 1.54) is 40.9 Å². The number of sulfonamides is 1. The molecule has 1 saturated heterocycles. The van der Waals surface area contributed by atoms with Crippen molar-refractivity contribution in [2.45, 2.75) is 56.8 Å². The summed E-state index contributed by atoms with van der Waals surface area (Å²) in [4.78, 5) is 27.9. The van der Waals surface area contributed by atoms with Gasteiger partial charge in [-0.15, -0.1) is 0 Å². The summed E-state index contributed by atoms with van der Waals surface area (Å²) in [6.45, 7) is 3.54. The maximum Gasteiger partial charge on any atom is 0.252 e. The van der Waals surface area contributed by atoms with Gasteiger partial charge in [-0.25, -0.2) is 8.42 Å². The number of amides is 1. The number of hydrogen-bond acceptors (Lipinski definition) is 4. The summed E-state index contributed by atoms with van der Waals surface area (Å²) in [6.07, 6.45) is 9.46. The highest BCUT2D eigenvalue weighted by Gasteiger charge is 2.29. The summed E-state index contributed by atoms with van der Waals surface area (Å²) < 4.78 is 28.0. The number of nitrogens with one attached hydrogen (secondary N) is 2. The van der Waals surface area contributed by atoms with Crippen LogP contribution in [0.4, 0.5) is 0 Å². The summed E-state index contributed by atoms with van der Waals surface area (Å²) in [5, 5.41) is 3.34. The quantitative estimate of drug-likeness (QED) is 0.648. The fraction of sp³-hybridized carbons (Fsp3) is 0.500. The van der Waals surface area contributed by atoms with Crippen LogP contribution in [0.25, 0.3) is 10.9 Å². The number of aromatic nitrogens is 1. The van der Waals surface area contributed by atoms with Crippen LogP contribution in [0.15, 0.2) is 45.6 Å². The lowest BCUT2D eigenvalue weighted by Crippen LogP contribution is -2.39. The maximum absolute atomic E-state index is 13.2. The first-order valence-electron chi connectivity index (χ1n) is 11.5. The molecule has 0 unspecified atom stereocenters. The normalized spacial score (nSPS) is 20.2. The van der Waals surface area contributed by atoms with Crippen LogP contribution in [0.5, 0.6) is 0 Å². The second-order valence-electron chi connectivity index (χ2n) is 8.98. The first-order chi connectivity index (χ1) is 15.3. The molecule has 1 aromatic heterocycles. The van der Waals surface area contributed by atoms with Crippen LogP contribution in [-0.4, -0.2) is 43.2 Å². The van der Waals surface area contributed by atoms with Crippen LogP contribution in [0.1, 0.15) is 62.2 Å². The van der Waals surface area contributed by atoms with E-state index in [0.717, 1.165) is 32.1 Å². The molecule has 0 saturated carbocycles. The van der Waals surface area contributed by atoms with Crippen LogP contribution < -0.4 is 10.9 Å². The van der Waals surface area contributed by atoms with Crippen molar-refractivity contribution in [1.82, 2.24) is 14.6 Å². The van der Waals surface area contributed by atoms with E-state index in [2.05, 4.69) is 23.3 Å². The van der Waals surface area contributed by atoms with Gasteiger partial charge in [0.15, 0.2) is 0 Å². The highest BCUT2D eigenvalue weighted by molar-refractivity contribution is 7.89. The van der Waals surface area contributed by atoms with Crippen LogP contribution in [0.3, 0.4) is 0 Å². The zero-order chi connectivity index (χ0) is 22.7. The Bertz CT molecular complexity index is 1200. The lowest BCUT2D eigenvalue weighted by atomic mass is 9.97. The fourth-order valence-corrected chi connectivity index (χ4v) is 6.28. The molecule has 7 nitrogen and oxygen atoms in total. The number of carbonyl (C=O) groups is 1. The average molecular weight is 458 g/mol. The number of nitrogens with zero attached hydrogens (tertiary/aromatic N) is 1. The molecule has 2 N–H and O–H groups in total. The number of carbonyl (C=O) groups excluding carboxylic acids is 1. The molecular formula is C24H31N3O4S. The maximum atomic E-state index is 13.2. The van der Waals surface area contributed by atoms with E-state index in [1.54, 1.807) is 6.07 Å². The number of aromatic amines is 1. The van der Waals surface area contributed by atoms with Crippen LogP contribution in [0, 0.1) is 5.92 Å². The van der Waals surface area contributed by atoms with Crippen molar-refractivity contribution in [2.24, 2.45) is 5.92 Å². The number of piperidine rings is 1. The molecule has 2 aromatic rings. The largest absolute Gasteiger partial charge is 0.352 e. The second-order valence-corrected chi connectivity index (χ2v) is 10.9.